The van der Waals surface area contributed by atoms with E-state index in [1.54, 1.807) is 24.3 Å². The second-order valence-corrected chi connectivity index (χ2v) is 8.27. The summed E-state index contributed by atoms with van der Waals surface area (Å²) in [6, 6.07) is 4.33. The van der Waals surface area contributed by atoms with Crippen LogP contribution in [0.4, 0.5) is 5.82 Å². The van der Waals surface area contributed by atoms with Gasteiger partial charge >= 0.3 is 5.97 Å². The number of aliphatic hydroxyl groups excluding tert-OH is 1. The van der Waals surface area contributed by atoms with E-state index >= 15 is 0 Å². The van der Waals surface area contributed by atoms with Gasteiger partial charge in [-0.15, -0.1) is 0 Å². The van der Waals surface area contributed by atoms with E-state index in [-0.39, 0.29) is 29.9 Å². The summed E-state index contributed by atoms with van der Waals surface area (Å²) in [5.74, 6) is -2.04. The van der Waals surface area contributed by atoms with Crippen molar-refractivity contribution < 1.29 is 34.1 Å². The van der Waals surface area contributed by atoms with Crippen molar-refractivity contribution in [1.82, 2.24) is 30.2 Å². The van der Waals surface area contributed by atoms with Crippen LogP contribution in [0.2, 0.25) is 0 Å². The second-order valence-electron chi connectivity index (χ2n) is 8.27. The number of hydrogen-bond donors (Lipinski definition) is 6. The van der Waals surface area contributed by atoms with Crippen LogP contribution in [-0.4, -0.2) is 85.5 Å². The second kappa shape index (κ2) is 10.7. The van der Waals surface area contributed by atoms with Crippen molar-refractivity contribution in [2.45, 2.75) is 36.9 Å². The number of nitrogen functional groups attached to an aromatic ring is 1. The van der Waals surface area contributed by atoms with Crippen LogP contribution in [-0.2, 0) is 25.5 Å². The molecule has 1 aliphatic heterocycles. The highest BCUT2D eigenvalue weighted by molar-refractivity contribution is 5.89. The molecule has 2 aromatic heterocycles. The van der Waals surface area contributed by atoms with E-state index in [0.717, 1.165) is 0 Å². The molecule has 0 aliphatic carbocycles. The first kappa shape index (κ1) is 25.7. The van der Waals surface area contributed by atoms with Gasteiger partial charge in [0.2, 0.25) is 11.8 Å². The predicted octanol–water partition coefficient (Wildman–Crippen LogP) is -2.07. The van der Waals surface area contributed by atoms with Crippen molar-refractivity contribution in [3.63, 3.8) is 0 Å². The largest absolute Gasteiger partial charge is 0.497 e. The molecular weight excluding hydrogens is 488 g/mol. The number of benzene rings is 1. The van der Waals surface area contributed by atoms with E-state index < -0.39 is 48.3 Å². The third kappa shape index (κ3) is 5.28. The van der Waals surface area contributed by atoms with Gasteiger partial charge in [0.25, 0.3) is 0 Å². The van der Waals surface area contributed by atoms with Crippen LogP contribution < -0.4 is 26.8 Å². The summed E-state index contributed by atoms with van der Waals surface area (Å²) >= 11 is 0. The fourth-order valence-corrected chi connectivity index (χ4v) is 4.06. The number of imidazole rings is 1. The van der Waals surface area contributed by atoms with Crippen molar-refractivity contribution in [1.29, 1.82) is 0 Å². The molecule has 0 bridgehead atoms. The molecule has 196 valence electrons. The molecule has 1 aromatic carbocycles. The Bertz CT molecular complexity index is 1300. The number of anilines is 1. The minimum atomic E-state index is -1.62. The SMILES string of the molecule is COc1ccc(CC(NC(=O)CN)C(=O)NC2C(C(=O)O)OC(n3cnc4c(N)ncnc43)C2O)cc1. The van der Waals surface area contributed by atoms with Gasteiger partial charge in [-0.1, -0.05) is 12.1 Å². The fourth-order valence-electron chi connectivity index (χ4n) is 4.06. The highest BCUT2D eigenvalue weighted by Crippen LogP contribution is 2.32. The van der Waals surface area contributed by atoms with E-state index in [9.17, 15) is 24.6 Å². The number of carboxylic acids is 1. The fraction of sp³-hybridized carbons (Fsp3) is 0.364. The van der Waals surface area contributed by atoms with Crippen LogP contribution in [0, 0.1) is 0 Å². The van der Waals surface area contributed by atoms with Gasteiger partial charge in [-0.3, -0.25) is 14.2 Å². The maximum atomic E-state index is 13.2. The van der Waals surface area contributed by atoms with Crippen LogP contribution in [0.5, 0.6) is 5.75 Å². The number of nitrogens with two attached hydrogens (primary N) is 2. The Morgan fingerprint density at radius 3 is 2.59 bits per heavy atom. The third-order valence-electron chi connectivity index (χ3n) is 5.92. The molecule has 15 heteroatoms. The molecule has 3 aromatic rings. The lowest BCUT2D eigenvalue weighted by atomic mass is 10.0. The molecule has 15 nitrogen and oxygen atoms in total. The first-order chi connectivity index (χ1) is 17.7. The Balaban J connectivity index is 1.57. The molecular formula is C22H26N8O7. The molecule has 5 unspecified atom stereocenters. The maximum Gasteiger partial charge on any atom is 0.335 e. The highest BCUT2D eigenvalue weighted by Gasteiger charge is 2.50. The van der Waals surface area contributed by atoms with E-state index in [4.69, 9.17) is 20.9 Å². The zero-order chi connectivity index (χ0) is 26.7. The molecule has 37 heavy (non-hydrogen) atoms. The number of nitrogens with zero attached hydrogens (tertiary/aromatic N) is 4. The number of ether oxygens (including phenoxy) is 2. The maximum absolute atomic E-state index is 13.2. The van der Waals surface area contributed by atoms with Gasteiger partial charge in [0.1, 0.15) is 29.7 Å². The zero-order valence-electron chi connectivity index (χ0n) is 19.6. The number of nitrogens with one attached hydrogen (secondary N) is 2. The minimum Gasteiger partial charge on any atom is -0.497 e. The Labute approximate surface area is 209 Å². The summed E-state index contributed by atoms with van der Waals surface area (Å²) in [7, 11) is 1.52. The number of aliphatic hydroxyl groups is 1. The highest BCUT2D eigenvalue weighted by atomic mass is 16.6. The van der Waals surface area contributed by atoms with E-state index in [2.05, 4.69) is 25.6 Å². The minimum absolute atomic E-state index is 0.0642. The number of carbonyl (C=O) groups is 3. The van der Waals surface area contributed by atoms with Gasteiger partial charge in [-0.25, -0.2) is 19.7 Å². The lowest BCUT2D eigenvalue weighted by molar-refractivity contribution is -0.152. The monoisotopic (exact) mass is 514 g/mol. The number of carboxylic acid groups (broad SMARTS) is 1. The van der Waals surface area contributed by atoms with Crippen molar-refractivity contribution in [2.24, 2.45) is 5.73 Å². The van der Waals surface area contributed by atoms with Crippen LogP contribution in [0.1, 0.15) is 11.8 Å². The summed E-state index contributed by atoms with van der Waals surface area (Å²) in [5, 5.41) is 25.8. The lowest BCUT2D eigenvalue weighted by Crippen LogP contribution is -2.56. The van der Waals surface area contributed by atoms with Crippen LogP contribution in [0.25, 0.3) is 11.2 Å². The number of rotatable bonds is 9. The van der Waals surface area contributed by atoms with E-state index in [1.807, 2.05) is 0 Å². The molecule has 4 rings (SSSR count). The standard InChI is InChI=1S/C22H26N8O7/c1-36-11-4-2-10(3-5-11)6-12(28-13(31)7-23)20(33)29-14-16(32)21(37-17(14)22(34)35)30-9-27-15-18(24)25-8-26-19(15)30/h2-5,8-9,12,14,16-17,21,32H,6-7,23H2,1H3,(H,28,31)(H,29,33)(H,34,35)(H2,24,25,26). The van der Waals surface area contributed by atoms with Crippen LogP contribution in [0.3, 0.4) is 0 Å². The number of aliphatic carboxylic acids is 1. The van der Waals surface area contributed by atoms with Gasteiger partial charge in [-0.05, 0) is 17.7 Å². The quantitative estimate of drug-likeness (QED) is 0.181. The van der Waals surface area contributed by atoms with Gasteiger partial charge in [0.05, 0.1) is 26.0 Å². The third-order valence-corrected chi connectivity index (χ3v) is 5.92. The molecule has 1 aliphatic rings. The Kier molecular flexibility index (Phi) is 7.47. The molecule has 1 saturated heterocycles. The van der Waals surface area contributed by atoms with Gasteiger partial charge < -0.3 is 41.8 Å². The smallest absolute Gasteiger partial charge is 0.335 e. The summed E-state index contributed by atoms with van der Waals surface area (Å²) in [6.07, 6.45) is -1.87. The Hall–Kier alpha value is -4.34. The average Bonchev–Trinajstić information content (AvgIpc) is 3.46. The van der Waals surface area contributed by atoms with Crippen LogP contribution in [0.15, 0.2) is 36.9 Å². The molecule has 0 spiro atoms. The molecule has 1 fully saturated rings. The number of amides is 2. The molecule has 3 heterocycles. The molecule has 0 saturated carbocycles. The number of carbonyl (C=O) groups excluding carboxylic acids is 2. The first-order valence-corrected chi connectivity index (χ1v) is 11.2. The summed E-state index contributed by atoms with van der Waals surface area (Å²) < 4.78 is 12.0. The average molecular weight is 514 g/mol. The van der Waals surface area contributed by atoms with E-state index in [0.29, 0.717) is 11.3 Å². The zero-order valence-corrected chi connectivity index (χ0v) is 19.6. The van der Waals surface area contributed by atoms with Gasteiger partial charge in [0.15, 0.2) is 23.8 Å². The van der Waals surface area contributed by atoms with Gasteiger partial charge in [0, 0.05) is 6.42 Å². The van der Waals surface area contributed by atoms with Crippen molar-refractivity contribution in [3.05, 3.63) is 42.5 Å². The van der Waals surface area contributed by atoms with Gasteiger partial charge in [-0.2, -0.15) is 0 Å². The lowest BCUT2D eigenvalue weighted by Gasteiger charge is -2.24. The summed E-state index contributed by atoms with van der Waals surface area (Å²) in [6.45, 7) is -0.361. The summed E-state index contributed by atoms with van der Waals surface area (Å²) in [5.41, 5.74) is 12.3. The van der Waals surface area contributed by atoms with Crippen LogP contribution >= 0.6 is 0 Å². The Morgan fingerprint density at radius 1 is 1.22 bits per heavy atom. The van der Waals surface area contributed by atoms with Crippen molar-refractivity contribution in [2.75, 3.05) is 19.4 Å². The number of methoxy groups -OCH3 is 1. The van der Waals surface area contributed by atoms with E-state index in [1.165, 1.54) is 24.3 Å². The van der Waals surface area contributed by atoms with Crippen molar-refractivity contribution in [3.8, 4) is 5.75 Å². The molecule has 2 amide bonds. The van der Waals surface area contributed by atoms with Crippen molar-refractivity contribution >= 4 is 34.8 Å². The first-order valence-electron chi connectivity index (χ1n) is 11.2. The topological polar surface area (TPSA) is 230 Å². The normalized spacial score (nSPS) is 21.9. The number of aromatic nitrogens is 4. The summed E-state index contributed by atoms with van der Waals surface area (Å²) in [4.78, 5) is 49.2. The number of fused-ring (bicyclic) bond motifs is 1. The molecule has 0 radical (unpaired) electrons. The Morgan fingerprint density at radius 2 is 1.95 bits per heavy atom. The molecule has 5 atom stereocenters. The molecule has 8 N–H and O–H groups in total. The number of hydrogen-bond acceptors (Lipinski definition) is 11. The predicted molar refractivity (Wildman–Crippen MR) is 127 cm³/mol.